The quantitative estimate of drug-likeness (QED) is 0.878. The van der Waals surface area contributed by atoms with E-state index < -0.39 is 16.6 Å². The van der Waals surface area contributed by atoms with Crippen molar-refractivity contribution in [1.29, 1.82) is 0 Å². The summed E-state index contributed by atoms with van der Waals surface area (Å²) in [5.74, 6) is -0.364. The van der Waals surface area contributed by atoms with E-state index in [0.717, 1.165) is 5.56 Å². The van der Waals surface area contributed by atoms with Gasteiger partial charge < -0.3 is 5.73 Å². The molecule has 1 atom stereocenters. The van der Waals surface area contributed by atoms with Crippen molar-refractivity contribution in [2.24, 2.45) is 0 Å². The van der Waals surface area contributed by atoms with Gasteiger partial charge in [-0.15, -0.1) is 0 Å². The minimum absolute atomic E-state index is 0.0153. The van der Waals surface area contributed by atoms with Gasteiger partial charge in [0.05, 0.1) is 26.5 Å². The van der Waals surface area contributed by atoms with Crippen LogP contribution < -0.4 is 5.73 Å². The van der Waals surface area contributed by atoms with E-state index in [4.69, 9.17) is 17.3 Å². The summed E-state index contributed by atoms with van der Waals surface area (Å²) in [5.41, 5.74) is 7.84. The zero-order valence-electron chi connectivity index (χ0n) is 10.3. The van der Waals surface area contributed by atoms with E-state index in [9.17, 15) is 8.60 Å². The summed E-state index contributed by atoms with van der Waals surface area (Å²) in [4.78, 5) is 0.547. The highest BCUT2D eigenvalue weighted by atomic mass is 35.5. The van der Waals surface area contributed by atoms with E-state index in [1.54, 1.807) is 24.3 Å². The Morgan fingerprint density at radius 3 is 2.74 bits per heavy atom. The highest BCUT2D eigenvalue weighted by Crippen LogP contribution is 2.25. The van der Waals surface area contributed by atoms with Crippen LogP contribution in [0.25, 0.3) is 0 Å². The summed E-state index contributed by atoms with van der Waals surface area (Å²) in [7, 11) is -1.35. The molecule has 2 rings (SSSR count). The molecule has 100 valence electrons. The van der Waals surface area contributed by atoms with Crippen LogP contribution in [0.5, 0.6) is 0 Å². The standard InChI is InChI=1S/C14H13ClFNOS/c1-9-5-6-13(12(17)7-9)19(18)8-10-3-2-4-11(16)14(10)15/h2-7H,8,17H2,1H3. The molecule has 5 heteroatoms. The molecular weight excluding hydrogens is 285 g/mol. The smallest absolute Gasteiger partial charge is 0.142 e. The first-order valence-electron chi connectivity index (χ1n) is 5.66. The molecule has 19 heavy (non-hydrogen) atoms. The number of aryl methyl sites for hydroxylation is 1. The Morgan fingerprint density at radius 2 is 2.05 bits per heavy atom. The summed E-state index contributed by atoms with van der Waals surface area (Å²) in [5, 5.41) is 0.0153. The molecule has 1 unspecified atom stereocenters. The number of hydrogen-bond acceptors (Lipinski definition) is 2. The molecular formula is C14H13ClFNOS. The Hall–Kier alpha value is -1.39. The van der Waals surface area contributed by atoms with Gasteiger partial charge in [-0.05, 0) is 36.2 Å². The van der Waals surface area contributed by atoms with Gasteiger partial charge in [-0.3, -0.25) is 4.21 Å². The van der Waals surface area contributed by atoms with Crippen molar-refractivity contribution in [3.8, 4) is 0 Å². The lowest BCUT2D eigenvalue weighted by molar-refractivity contribution is 0.626. The summed E-state index contributed by atoms with van der Waals surface area (Å²) in [6.45, 7) is 1.91. The van der Waals surface area contributed by atoms with E-state index in [1.165, 1.54) is 6.07 Å². The molecule has 0 aromatic heterocycles. The van der Waals surface area contributed by atoms with Crippen molar-refractivity contribution in [1.82, 2.24) is 0 Å². The number of halogens is 2. The second kappa shape index (κ2) is 5.72. The first-order valence-corrected chi connectivity index (χ1v) is 7.36. The van der Waals surface area contributed by atoms with Crippen LogP contribution in [0.15, 0.2) is 41.3 Å². The van der Waals surface area contributed by atoms with E-state index in [-0.39, 0.29) is 10.8 Å². The van der Waals surface area contributed by atoms with E-state index in [0.29, 0.717) is 16.1 Å². The van der Waals surface area contributed by atoms with Crippen LogP contribution in [-0.2, 0) is 16.6 Å². The van der Waals surface area contributed by atoms with Crippen LogP contribution in [0.4, 0.5) is 10.1 Å². The van der Waals surface area contributed by atoms with E-state index >= 15 is 0 Å². The maximum absolute atomic E-state index is 13.3. The SMILES string of the molecule is Cc1ccc(S(=O)Cc2cccc(F)c2Cl)c(N)c1. The third-order valence-corrected chi connectivity index (χ3v) is 4.59. The lowest BCUT2D eigenvalue weighted by Crippen LogP contribution is -2.02. The molecule has 0 radical (unpaired) electrons. The topological polar surface area (TPSA) is 43.1 Å². The van der Waals surface area contributed by atoms with Gasteiger partial charge in [0.25, 0.3) is 0 Å². The second-order valence-corrected chi connectivity index (χ2v) is 6.04. The number of rotatable bonds is 3. The third kappa shape index (κ3) is 3.14. The molecule has 0 aliphatic carbocycles. The van der Waals surface area contributed by atoms with Gasteiger partial charge in [0.15, 0.2) is 0 Å². The minimum Gasteiger partial charge on any atom is -0.398 e. The molecule has 0 amide bonds. The van der Waals surface area contributed by atoms with Crippen LogP contribution >= 0.6 is 11.6 Å². The largest absolute Gasteiger partial charge is 0.398 e. The molecule has 0 fully saturated rings. The molecule has 0 aliphatic rings. The predicted molar refractivity (Wildman–Crippen MR) is 77.1 cm³/mol. The molecule has 2 nitrogen and oxygen atoms in total. The van der Waals surface area contributed by atoms with Crippen molar-refractivity contribution in [3.05, 3.63) is 58.4 Å². The van der Waals surface area contributed by atoms with Crippen molar-refractivity contribution < 1.29 is 8.60 Å². The van der Waals surface area contributed by atoms with Gasteiger partial charge in [0.2, 0.25) is 0 Å². The minimum atomic E-state index is -1.35. The van der Waals surface area contributed by atoms with Gasteiger partial charge in [0.1, 0.15) is 5.82 Å². The highest BCUT2D eigenvalue weighted by Gasteiger charge is 2.13. The van der Waals surface area contributed by atoms with Gasteiger partial charge in [-0.2, -0.15) is 0 Å². The lowest BCUT2D eigenvalue weighted by Gasteiger charge is -2.08. The highest BCUT2D eigenvalue weighted by molar-refractivity contribution is 7.84. The molecule has 0 bridgehead atoms. The van der Waals surface area contributed by atoms with Crippen molar-refractivity contribution in [2.75, 3.05) is 5.73 Å². The first-order chi connectivity index (χ1) is 8.99. The van der Waals surface area contributed by atoms with Gasteiger partial charge in [0, 0.05) is 5.69 Å². The molecule has 2 aromatic carbocycles. The monoisotopic (exact) mass is 297 g/mol. The summed E-state index contributed by atoms with van der Waals surface area (Å²) >= 11 is 5.85. The average Bonchev–Trinajstić information content (AvgIpc) is 2.34. The molecule has 0 spiro atoms. The van der Waals surface area contributed by atoms with Gasteiger partial charge in [-0.25, -0.2) is 4.39 Å². The Balaban J connectivity index is 2.28. The normalized spacial score (nSPS) is 12.4. The van der Waals surface area contributed by atoms with Crippen LogP contribution in [0, 0.1) is 12.7 Å². The van der Waals surface area contributed by atoms with Gasteiger partial charge >= 0.3 is 0 Å². The van der Waals surface area contributed by atoms with Crippen molar-refractivity contribution in [3.63, 3.8) is 0 Å². The maximum atomic E-state index is 13.3. The zero-order valence-corrected chi connectivity index (χ0v) is 11.9. The predicted octanol–water partition coefficient (Wildman–Crippen LogP) is 3.68. The Labute approximate surface area is 118 Å². The van der Waals surface area contributed by atoms with Crippen LogP contribution in [0.1, 0.15) is 11.1 Å². The molecule has 0 heterocycles. The Kier molecular flexibility index (Phi) is 4.22. The van der Waals surface area contributed by atoms with Gasteiger partial charge in [-0.1, -0.05) is 29.8 Å². The number of hydrogen-bond donors (Lipinski definition) is 1. The van der Waals surface area contributed by atoms with Crippen LogP contribution in [0.3, 0.4) is 0 Å². The number of nitrogen functional groups attached to an aromatic ring is 1. The first kappa shape index (κ1) is 14.0. The van der Waals surface area contributed by atoms with Crippen LogP contribution in [-0.4, -0.2) is 4.21 Å². The molecule has 2 aromatic rings. The fourth-order valence-corrected chi connectivity index (χ4v) is 3.25. The Morgan fingerprint density at radius 1 is 1.32 bits per heavy atom. The zero-order chi connectivity index (χ0) is 14.0. The maximum Gasteiger partial charge on any atom is 0.142 e. The average molecular weight is 298 g/mol. The summed E-state index contributed by atoms with van der Waals surface area (Å²) in [6.07, 6.45) is 0. The summed E-state index contributed by atoms with van der Waals surface area (Å²) in [6, 6.07) is 9.82. The van der Waals surface area contributed by atoms with E-state index in [2.05, 4.69) is 0 Å². The number of anilines is 1. The molecule has 2 N–H and O–H groups in total. The molecule has 0 aliphatic heterocycles. The number of nitrogens with two attached hydrogens (primary N) is 1. The Bertz CT molecular complexity index is 645. The fourth-order valence-electron chi connectivity index (χ4n) is 1.75. The number of benzene rings is 2. The van der Waals surface area contributed by atoms with Crippen molar-refractivity contribution in [2.45, 2.75) is 17.6 Å². The lowest BCUT2D eigenvalue weighted by atomic mass is 10.2. The molecule has 0 saturated heterocycles. The van der Waals surface area contributed by atoms with Crippen LogP contribution in [0.2, 0.25) is 5.02 Å². The fraction of sp³-hybridized carbons (Fsp3) is 0.143. The van der Waals surface area contributed by atoms with Crippen molar-refractivity contribution >= 4 is 28.1 Å². The summed E-state index contributed by atoms with van der Waals surface area (Å²) < 4.78 is 25.6. The van der Waals surface area contributed by atoms with E-state index in [1.807, 2.05) is 13.0 Å². The second-order valence-electron chi connectivity index (χ2n) is 4.24. The molecule has 0 saturated carbocycles. The third-order valence-electron chi connectivity index (χ3n) is 2.73.